The molecule has 0 fully saturated rings. The summed E-state index contributed by atoms with van der Waals surface area (Å²) in [5.74, 6) is 4.93. The van der Waals surface area contributed by atoms with Gasteiger partial charge < -0.3 is 5.32 Å². The van der Waals surface area contributed by atoms with Crippen molar-refractivity contribution in [1.82, 2.24) is 5.32 Å². The smallest absolute Gasteiger partial charge is 0.295 e. The van der Waals surface area contributed by atoms with E-state index < -0.39 is 0 Å². The number of hydrogen-bond donors (Lipinski definition) is 1. The van der Waals surface area contributed by atoms with Crippen LogP contribution in [0.4, 0.5) is 0 Å². The molecule has 0 aromatic carbocycles. The predicted molar refractivity (Wildman–Crippen MR) is 78.3 cm³/mol. The second-order valence-electron chi connectivity index (χ2n) is 4.81. The average Bonchev–Trinajstić information content (AvgIpc) is 2.36. The zero-order valence-corrected chi connectivity index (χ0v) is 12.2. The molecular formula is C16H29NO. The number of hydrogen-bond acceptors (Lipinski definition) is 1. The van der Waals surface area contributed by atoms with Gasteiger partial charge in [-0.2, -0.15) is 0 Å². The van der Waals surface area contributed by atoms with Gasteiger partial charge >= 0.3 is 0 Å². The van der Waals surface area contributed by atoms with E-state index in [-0.39, 0.29) is 5.91 Å². The number of nitrogens with one attached hydrogen (secondary N) is 1. The van der Waals surface area contributed by atoms with Crippen LogP contribution in [0.3, 0.4) is 0 Å². The maximum atomic E-state index is 11.0. The van der Waals surface area contributed by atoms with E-state index in [1.54, 1.807) is 6.92 Å². The van der Waals surface area contributed by atoms with Gasteiger partial charge in [-0.15, -0.1) is 0 Å². The highest BCUT2D eigenvalue weighted by Gasteiger charge is 1.95. The SMILES string of the molecule is CC#CC(=O)NCCCCCCCCCCCC. The van der Waals surface area contributed by atoms with E-state index in [0.717, 1.165) is 13.0 Å². The van der Waals surface area contributed by atoms with Crippen molar-refractivity contribution in [1.29, 1.82) is 0 Å². The summed E-state index contributed by atoms with van der Waals surface area (Å²) in [5.41, 5.74) is 0. The second kappa shape index (κ2) is 14.1. The molecule has 0 spiro atoms. The highest BCUT2D eigenvalue weighted by Crippen LogP contribution is 2.10. The highest BCUT2D eigenvalue weighted by molar-refractivity contribution is 5.93. The summed E-state index contributed by atoms with van der Waals surface area (Å²) >= 11 is 0. The van der Waals surface area contributed by atoms with Crippen molar-refractivity contribution in [3.05, 3.63) is 0 Å². The minimum atomic E-state index is -0.145. The lowest BCUT2D eigenvalue weighted by Crippen LogP contribution is -2.22. The maximum Gasteiger partial charge on any atom is 0.295 e. The molecular weight excluding hydrogens is 222 g/mol. The van der Waals surface area contributed by atoms with Crippen LogP contribution < -0.4 is 5.32 Å². The molecule has 0 bridgehead atoms. The summed E-state index contributed by atoms with van der Waals surface area (Å²) in [4.78, 5) is 11.0. The first-order valence-electron chi connectivity index (χ1n) is 7.51. The molecule has 2 heteroatoms. The summed E-state index contributed by atoms with van der Waals surface area (Å²) in [6, 6.07) is 0. The maximum absolute atomic E-state index is 11.0. The summed E-state index contributed by atoms with van der Waals surface area (Å²) in [6.45, 7) is 4.70. The van der Waals surface area contributed by atoms with Crippen LogP contribution in [0.2, 0.25) is 0 Å². The molecule has 0 aromatic heterocycles. The number of amides is 1. The first-order chi connectivity index (χ1) is 8.81. The molecule has 104 valence electrons. The van der Waals surface area contributed by atoms with Gasteiger partial charge in [0, 0.05) is 6.54 Å². The molecule has 0 aliphatic carbocycles. The normalized spacial score (nSPS) is 9.67. The van der Waals surface area contributed by atoms with E-state index in [2.05, 4.69) is 24.1 Å². The van der Waals surface area contributed by atoms with E-state index in [0.29, 0.717) is 0 Å². The van der Waals surface area contributed by atoms with Crippen LogP contribution in [0, 0.1) is 11.8 Å². The molecule has 0 radical (unpaired) electrons. The van der Waals surface area contributed by atoms with Crippen LogP contribution in [0.5, 0.6) is 0 Å². The van der Waals surface area contributed by atoms with E-state index in [4.69, 9.17) is 0 Å². The molecule has 0 aromatic rings. The Morgan fingerprint density at radius 1 is 0.889 bits per heavy atom. The van der Waals surface area contributed by atoms with Crippen molar-refractivity contribution in [3.8, 4) is 11.8 Å². The molecule has 0 rings (SSSR count). The molecule has 0 aliphatic heterocycles. The van der Waals surface area contributed by atoms with Crippen LogP contribution in [0.15, 0.2) is 0 Å². The number of carbonyl (C=O) groups excluding carboxylic acids is 1. The fraction of sp³-hybridized carbons (Fsp3) is 0.812. The largest absolute Gasteiger partial charge is 0.345 e. The Morgan fingerprint density at radius 3 is 1.89 bits per heavy atom. The van der Waals surface area contributed by atoms with Crippen molar-refractivity contribution in [2.45, 2.75) is 78.1 Å². The molecule has 0 aliphatic rings. The van der Waals surface area contributed by atoms with Gasteiger partial charge in [-0.1, -0.05) is 70.6 Å². The summed E-state index contributed by atoms with van der Waals surface area (Å²) in [5, 5.41) is 2.80. The average molecular weight is 251 g/mol. The molecule has 0 heterocycles. The Kier molecular flexibility index (Phi) is 13.3. The van der Waals surface area contributed by atoms with E-state index in [1.807, 2.05) is 0 Å². The molecule has 0 atom stereocenters. The Morgan fingerprint density at radius 2 is 1.39 bits per heavy atom. The molecule has 18 heavy (non-hydrogen) atoms. The van der Waals surface area contributed by atoms with Gasteiger partial charge in [0.15, 0.2) is 0 Å². The lowest BCUT2D eigenvalue weighted by Gasteiger charge is -2.02. The first-order valence-corrected chi connectivity index (χ1v) is 7.51. The molecule has 0 unspecified atom stereocenters. The highest BCUT2D eigenvalue weighted by atomic mass is 16.1. The third-order valence-electron chi connectivity index (χ3n) is 3.05. The third kappa shape index (κ3) is 13.1. The van der Waals surface area contributed by atoms with Gasteiger partial charge in [0.2, 0.25) is 0 Å². The van der Waals surface area contributed by atoms with Crippen LogP contribution in [-0.2, 0) is 4.79 Å². The summed E-state index contributed by atoms with van der Waals surface area (Å²) in [7, 11) is 0. The minimum Gasteiger partial charge on any atom is -0.345 e. The molecule has 1 amide bonds. The van der Waals surface area contributed by atoms with E-state index >= 15 is 0 Å². The Balaban J connectivity index is 3.07. The van der Waals surface area contributed by atoms with Gasteiger partial charge in [0.05, 0.1) is 0 Å². The fourth-order valence-corrected chi connectivity index (χ4v) is 1.97. The Labute approximate surface area is 113 Å². The Bertz CT molecular complexity index is 250. The zero-order chi connectivity index (χ0) is 13.5. The lowest BCUT2D eigenvalue weighted by atomic mass is 10.1. The molecule has 2 nitrogen and oxygen atoms in total. The molecule has 0 saturated heterocycles. The zero-order valence-electron chi connectivity index (χ0n) is 12.2. The van der Waals surface area contributed by atoms with Gasteiger partial charge in [-0.25, -0.2) is 0 Å². The summed E-state index contributed by atoms with van der Waals surface area (Å²) in [6.07, 6.45) is 13.2. The number of unbranched alkanes of at least 4 members (excludes halogenated alkanes) is 9. The topological polar surface area (TPSA) is 29.1 Å². The quantitative estimate of drug-likeness (QED) is 0.435. The van der Waals surface area contributed by atoms with Crippen molar-refractivity contribution in [2.75, 3.05) is 6.54 Å². The van der Waals surface area contributed by atoms with Gasteiger partial charge in [0.1, 0.15) is 0 Å². The second-order valence-corrected chi connectivity index (χ2v) is 4.81. The van der Waals surface area contributed by atoms with Gasteiger partial charge in [-0.3, -0.25) is 4.79 Å². The monoisotopic (exact) mass is 251 g/mol. The van der Waals surface area contributed by atoms with Crippen molar-refractivity contribution in [3.63, 3.8) is 0 Å². The number of rotatable bonds is 11. The van der Waals surface area contributed by atoms with Crippen molar-refractivity contribution < 1.29 is 4.79 Å². The van der Waals surface area contributed by atoms with Crippen LogP contribution in [0.25, 0.3) is 0 Å². The molecule has 0 saturated carbocycles. The molecule has 1 N–H and O–H groups in total. The Hall–Kier alpha value is -0.970. The van der Waals surface area contributed by atoms with Crippen LogP contribution >= 0.6 is 0 Å². The third-order valence-corrected chi connectivity index (χ3v) is 3.05. The van der Waals surface area contributed by atoms with E-state index in [1.165, 1.54) is 57.8 Å². The van der Waals surface area contributed by atoms with Crippen LogP contribution in [0.1, 0.15) is 78.1 Å². The number of carbonyl (C=O) groups is 1. The standard InChI is InChI=1S/C16H29NO/c1-3-5-6-7-8-9-10-11-12-13-15-17-16(18)14-4-2/h3,5-13,15H2,1-2H3,(H,17,18). The van der Waals surface area contributed by atoms with E-state index in [9.17, 15) is 4.79 Å². The van der Waals surface area contributed by atoms with Crippen molar-refractivity contribution >= 4 is 5.91 Å². The van der Waals surface area contributed by atoms with Crippen LogP contribution in [-0.4, -0.2) is 12.5 Å². The fourth-order valence-electron chi connectivity index (χ4n) is 1.97. The lowest BCUT2D eigenvalue weighted by molar-refractivity contribution is -0.115. The predicted octanol–water partition coefficient (Wildman–Crippen LogP) is 4.05. The minimum absolute atomic E-state index is 0.145. The van der Waals surface area contributed by atoms with Crippen molar-refractivity contribution in [2.24, 2.45) is 0 Å². The first kappa shape index (κ1) is 17.0. The van der Waals surface area contributed by atoms with Gasteiger partial charge in [0.25, 0.3) is 5.91 Å². The summed E-state index contributed by atoms with van der Waals surface area (Å²) < 4.78 is 0. The van der Waals surface area contributed by atoms with Gasteiger partial charge in [-0.05, 0) is 19.3 Å².